The molecule has 0 atom stereocenters. The van der Waals surface area contributed by atoms with Gasteiger partial charge in [0.05, 0.1) is 6.20 Å². The lowest BCUT2D eigenvalue weighted by Gasteiger charge is -1.99. The van der Waals surface area contributed by atoms with Gasteiger partial charge in [0.15, 0.2) is 0 Å². The Hall–Kier alpha value is -0.540. The molecule has 11 heavy (non-hydrogen) atoms. The van der Waals surface area contributed by atoms with E-state index in [9.17, 15) is 0 Å². The van der Waals surface area contributed by atoms with E-state index in [2.05, 4.69) is 12.0 Å². The molecule has 0 amide bonds. The minimum absolute atomic E-state index is 0.461. The number of aryl methyl sites for hydroxylation is 1. The molecule has 0 spiro atoms. The SMILES string of the molecule is CCCn1ncc(CN)c1Cl. The molecular weight excluding hydrogens is 162 g/mol. The Morgan fingerprint density at radius 2 is 2.45 bits per heavy atom. The molecule has 0 fully saturated rings. The van der Waals surface area contributed by atoms with Crippen LogP contribution in [0.2, 0.25) is 5.15 Å². The number of nitrogens with zero attached hydrogens (tertiary/aromatic N) is 2. The number of aromatic nitrogens is 2. The third-order valence-corrected chi connectivity index (χ3v) is 1.94. The summed E-state index contributed by atoms with van der Waals surface area (Å²) in [6.07, 6.45) is 2.75. The molecule has 1 aromatic heterocycles. The third kappa shape index (κ3) is 1.73. The third-order valence-electron chi connectivity index (χ3n) is 1.50. The molecule has 62 valence electrons. The van der Waals surface area contributed by atoms with E-state index in [1.807, 2.05) is 0 Å². The maximum absolute atomic E-state index is 5.92. The Bertz CT molecular complexity index is 232. The largest absolute Gasteiger partial charge is 0.326 e. The molecular formula is C7H12ClN3. The van der Waals surface area contributed by atoms with Crippen LogP contribution in [-0.2, 0) is 13.1 Å². The second kappa shape index (κ2) is 3.74. The second-order valence-corrected chi connectivity index (χ2v) is 2.75. The molecule has 0 saturated heterocycles. The molecule has 1 rings (SSSR count). The Balaban J connectivity index is 2.82. The molecule has 0 unspecified atom stereocenters. The van der Waals surface area contributed by atoms with E-state index in [4.69, 9.17) is 17.3 Å². The predicted octanol–water partition coefficient (Wildman–Crippen LogP) is 1.41. The molecule has 1 aromatic rings. The van der Waals surface area contributed by atoms with Crippen LogP contribution < -0.4 is 5.73 Å². The zero-order valence-corrected chi connectivity index (χ0v) is 7.30. The average molecular weight is 174 g/mol. The first-order valence-electron chi connectivity index (χ1n) is 3.69. The van der Waals surface area contributed by atoms with Crippen LogP contribution in [-0.4, -0.2) is 9.78 Å². The average Bonchev–Trinajstić information content (AvgIpc) is 2.34. The molecule has 0 saturated carbocycles. The van der Waals surface area contributed by atoms with Gasteiger partial charge in [-0.2, -0.15) is 5.10 Å². The number of hydrogen-bond donors (Lipinski definition) is 1. The zero-order chi connectivity index (χ0) is 8.27. The van der Waals surface area contributed by atoms with Gasteiger partial charge in [0, 0.05) is 18.7 Å². The number of hydrogen-bond acceptors (Lipinski definition) is 2. The molecule has 0 aliphatic carbocycles. The van der Waals surface area contributed by atoms with Crippen LogP contribution in [0.3, 0.4) is 0 Å². The number of nitrogens with two attached hydrogens (primary N) is 1. The lowest BCUT2D eigenvalue weighted by atomic mass is 10.4. The molecule has 0 aromatic carbocycles. The Labute approximate surface area is 71.1 Å². The van der Waals surface area contributed by atoms with Crippen LogP contribution in [0.4, 0.5) is 0 Å². The van der Waals surface area contributed by atoms with E-state index in [0.29, 0.717) is 11.7 Å². The van der Waals surface area contributed by atoms with Gasteiger partial charge < -0.3 is 5.73 Å². The highest BCUT2D eigenvalue weighted by atomic mass is 35.5. The van der Waals surface area contributed by atoms with Gasteiger partial charge in [-0.25, -0.2) is 0 Å². The summed E-state index contributed by atoms with van der Waals surface area (Å²) in [6, 6.07) is 0. The summed E-state index contributed by atoms with van der Waals surface area (Å²) in [5, 5.41) is 4.76. The zero-order valence-electron chi connectivity index (χ0n) is 6.55. The van der Waals surface area contributed by atoms with Crippen molar-refractivity contribution in [1.82, 2.24) is 9.78 Å². The van der Waals surface area contributed by atoms with Crippen LogP contribution in [0.15, 0.2) is 6.20 Å². The van der Waals surface area contributed by atoms with Crippen LogP contribution >= 0.6 is 11.6 Å². The molecule has 2 N–H and O–H groups in total. The van der Waals surface area contributed by atoms with Crippen LogP contribution in [0.1, 0.15) is 18.9 Å². The van der Waals surface area contributed by atoms with E-state index >= 15 is 0 Å². The number of halogens is 1. The van der Waals surface area contributed by atoms with Gasteiger partial charge in [0.1, 0.15) is 5.15 Å². The summed E-state index contributed by atoms with van der Waals surface area (Å²) >= 11 is 5.92. The number of rotatable bonds is 3. The van der Waals surface area contributed by atoms with E-state index in [-0.39, 0.29) is 0 Å². The van der Waals surface area contributed by atoms with Crippen molar-refractivity contribution < 1.29 is 0 Å². The standard InChI is InChI=1S/C7H12ClN3/c1-2-3-11-7(8)6(4-9)5-10-11/h5H,2-4,9H2,1H3. The fourth-order valence-electron chi connectivity index (χ4n) is 0.914. The topological polar surface area (TPSA) is 43.8 Å². The maximum Gasteiger partial charge on any atom is 0.131 e. The minimum atomic E-state index is 0.461. The van der Waals surface area contributed by atoms with Gasteiger partial charge in [0.25, 0.3) is 0 Å². The fourth-order valence-corrected chi connectivity index (χ4v) is 1.17. The van der Waals surface area contributed by atoms with E-state index < -0.39 is 0 Å². The summed E-state index contributed by atoms with van der Waals surface area (Å²) in [5.41, 5.74) is 6.34. The van der Waals surface area contributed by atoms with Crippen molar-refractivity contribution in [3.05, 3.63) is 16.9 Å². The van der Waals surface area contributed by atoms with Gasteiger partial charge >= 0.3 is 0 Å². The summed E-state index contributed by atoms with van der Waals surface area (Å²) < 4.78 is 1.77. The lowest BCUT2D eigenvalue weighted by molar-refractivity contribution is 0.603. The normalized spacial score (nSPS) is 10.5. The first-order chi connectivity index (χ1) is 5.29. The monoisotopic (exact) mass is 173 g/mol. The van der Waals surface area contributed by atoms with Crippen molar-refractivity contribution >= 4 is 11.6 Å². The molecule has 0 aliphatic heterocycles. The second-order valence-electron chi connectivity index (χ2n) is 2.39. The van der Waals surface area contributed by atoms with Gasteiger partial charge in [-0.05, 0) is 6.42 Å². The molecule has 0 radical (unpaired) electrons. The van der Waals surface area contributed by atoms with E-state index in [1.54, 1.807) is 10.9 Å². The van der Waals surface area contributed by atoms with Crippen molar-refractivity contribution in [2.24, 2.45) is 5.73 Å². The molecule has 0 bridgehead atoms. The highest BCUT2D eigenvalue weighted by Gasteiger charge is 2.04. The van der Waals surface area contributed by atoms with Crippen molar-refractivity contribution in [2.75, 3.05) is 0 Å². The quantitative estimate of drug-likeness (QED) is 0.751. The molecule has 0 aliphatic rings. The first-order valence-corrected chi connectivity index (χ1v) is 4.07. The summed E-state index contributed by atoms with van der Waals surface area (Å²) in [4.78, 5) is 0. The smallest absolute Gasteiger partial charge is 0.131 e. The van der Waals surface area contributed by atoms with Crippen molar-refractivity contribution in [2.45, 2.75) is 26.4 Å². The fraction of sp³-hybridized carbons (Fsp3) is 0.571. The molecule has 1 heterocycles. The lowest BCUT2D eigenvalue weighted by Crippen LogP contribution is -2.00. The molecule has 4 heteroatoms. The minimum Gasteiger partial charge on any atom is -0.326 e. The Morgan fingerprint density at radius 3 is 2.91 bits per heavy atom. The van der Waals surface area contributed by atoms with Gasteiger partial charge in [-0.15, -0.1) is 0 Å². The summed E-state index contributed by atoms with van der Waals surface area (Å²) in [6.45, 7) is 3.40. The first kappa shape index (κ1) is 8.56. The maximum atomic E-state index is 5.92. The van der Waals surface area contributed by atoms with Crippen molar-refractivity contribution in [3.63, 3.8) is 0 Å². The van der Waals surface area contributed by atoms with E-state index in [1.165, 1.54) is 0 Å². The summed E-state index contributed by atoms with van der Waals surface area (Å²) in [5.74, 6) is 0. The highest BCUT2D eigenvalue weighted by molar-refractivity contribution is 6.30. The van der Waals surface area contributed by atoms with Gasteiger partial charge in [-0.3, -0.25) is 4.68 Å². The summed E-state index contributed by atoms with van der Waals surface area (Å²) in [7, 11) is 0. The van der Waals surface area contributed by atoms with Crippen LogP contribution in [0, 0.1) is 0 Å². The predicted molar refractivity (Wildman–Crippen MR) is 45.4 cm³/mol. The van der Waals surface area contributed by atoms with Crippen LogP contribution in [0.25, 0.3) is 0 Å². The Kier molecular flexibility index (Phi) is 2.91. The highest BCUT2D eigenvalue weighted by Crippen LogP contribution is 2.14. The molecule has 3 nitrogen and oxygen atoms in total. The van der Waals surface area contributed by atoms with Gasteiger partial charge in [0.2, 0.25) is 0 Å². The Morgan fingerprint density at radius 1 is 1.73 bits per heavy atom. The van der Waals surface area contributed by atoms with Crippen molar-refractivity contribution in [3.8, 4) is 0 Å². The van der Waals surface area contributed by atoms with Crippen molar-refractivity contribution in [1.29, 1.82) is 0 Å². The van der Waals surface area contributed by atoms with Gasteiger partial charge in [-0.1, -0.05) is 18.5 Å². The van der Waals surface area contributed by atoms with E-state index in [0.717, 1.165) is 18.5 Å². The van der Waals surface area contributed by atoms with Crippen LogP contribution in [0.5, 0.6) is 0 Å².